The van der Waals surface area contributed by atoms with Crippen LogP contribution in [-0.4, -0.2) is 37.2 Å². The van der Waals surface area contributed by atoms with Crippen LogP contribution < -0.4 is 0 Å². The van der Waals surface area contributed by atoms with Crippen LogP contribution in [0.2, 0.25) is 0 Å². The van der Waals surface area contributed by atoms with Crippen molar-refractivity contribution in [2.24, 2.45) is 5.92 Å². The highest BCUT2D eigenvalue weighted by atomic mass is 16.6. The highest BCUT2D eigenvalue weighted by Crippen LogP contribution is 2.17. The smallest absolute Gasteiger partial charge is 0.306 e. The molecule has 0 saturated heterocycles. The highest BCUT2D eigenvalue weighted by Gasteiger charge is 2.19. The molecule has 0 amide bonds. The second-order valence-electron chi connectivity index (χ2n) is 19.0. The Morgan fingerprint density at radius 1 is 0.317 bits per heavy atom. The van der Waals surface area contributed by atoms with Crippen molar-refractivity contribution in [3.05, 3.63) is 0 Å². The quantitative estimate of drug-likeness (QED) is 0.0345. The van der Waals surface area contributed by atoms with Gasteiger partial charge in [-0.05, 0) is 25.2 Å². The van der Waals surface area contributed by atoms with Crippen LogP contribution in [-0.2, 0) is 28.6 Å². The van der Waals surface area contributed by atoms with Crippen LogP contribution in [0.15, 0.2) is 0 Å². The molecule has 6 nitrogen and oxygen atoms in total. The molecule has 356 valence electrons. The van der Waals surface area contributed by atoms with Gasteiger partial charge < -0.3 is 14.2 Å². The van der Waals surface area contributed by atoms with Gasteiger partial charge in [0.15, 0.2) is 6.10 Å². The molecule has 0 aromatic rings. The molecule has 0 unspecified atom stereocenters. The molecule has 0 radical (unpaired) electrons. The van der Waals surface area contributed by atoms with E-state index < -0.39 is 6.10 Å². The van der Waals surface area contributed by atoms with E-state index in [1.165, 1.54) is 199 Å². The second-order valence-corrected chi connectivity index (χ2v) is 19.0. The number of esters is 3. The fourth-order valence-corrected chi connectivity index (χ4v) is 8.22. The number of ether oxygens (including phenoxy) is 3. The lowest BCUT2D eigenvalue weighted by Crippen LogP contribution is -2.30. The van der Waals surface area contributed by atoms with Gasteiger partial charge in [-0.3, -0.25) is 14.4 Å². The van der Waals surface area contributed by atoms with Crippen molar-refractivity contribution < 1.29 is 28.6 Å². The minimum atomic E-state index is -0.760. The number of hydrogen-bond donors (Lipinski definition) is 0. The minimum absolute atomic E-state index is 0.0624. The maximum atomic E-state index is 12.8. The fraction of sp³-hybridized carbons (Fsp3) is 0.944. The van der Waals surface area contributed by atoms with Gasteiger partial charge in [0, 0.05) is 19.3 Å². The summed E-state index contributed by atoms with van der Waals surface area (Å²) in [5.74, 6) is -0.00426. The predicted octanol–water partition coefficient (Wildman–Crippen LogP) is 17.5. The molecule has 0 aliphatic carbocycles. The zero-order valence-corrected chi connectivity index (χ0v) is 40.9. The molecular weight excluding hydrogens is 745 g/mol. The number of unbranched alkanes of at least 4 members (excludes halogenated alkanes) is 36. The number of rotatable bonds is 49. The van der Waals surface area contributed by atoms with E-state index in [2.05, 4.69) is 27.7 Å². The number of carbonyl (C=O) groups is 3. The molecule has 6 heteroatoms. The fourth-order valence-electron chi connectivity index (χ4n) is 8.22. The van der Waals surface area contributed by atoms with E-state index in [0.717, 1.165) is 63.7 Å². The van der Waals surface area contributed by atoms with E-state index in [0.29, 0.717) is 19.3 Å². The van der Waals surface area contributed by atoms with E-state index in [1.54, 1.807) is 0 Å². The highest BCUT2D eigenvalue weighted by molar-refractivity contribution is 5.71. The van der Waals surface area contributed by atoms with Gasteiger partial charge in [0.05, 0.1) is 0 Å². The summed E-state index contributed by atoms with van der Waals surface area (Å²) >= 11 is 0. The molecular formula is C54H104O6. The summed E-state index contributed by atoms with van der Waals surface area (Å²) in [4.78, 5) is 37.9. The Labute approximate surface area is 374 Å². The zero-order chi connectivity index (χ0) is 43.8. The summed E-state index contributed by atoms with van der Waals surface area (Å²) < 4.78 is 16.8. The average molecular weight is 849 g/mol. The Morgan fingerprint density at radius 3 is 0.817 bits per heavy atom. The van der Waals surface area contributed by atoms with Crippen LogP contribution in [0.3, 0.4) is 0 Å². The molecule has 0 saturated carbocycles. The lowest BCUT2D eigenvalue weighted by Gasteiger charge is -2.18. The van der Waals surface area contributed by atoms with Crippen LogP contribution in [0.25, 0.3) is 0 Å². The number of hydrogen-bond acceptors (Lipinski definition) is 6. The third-order valence-corrected chi connectivity index (χ3v) is 12.3. The van der Waals surface area contributed by atoms with Gasteiger partial charge in [0.1, 0.15) is 13.2 Å². The summed E-state index contributed by atoms with van der Waals surface area (Å²) in [5, 5.41) is 0. The monoisotopic (exact) mass is 849 g/mol. The SMILES string of the molecule is CCCCCCCCCCCCCCCCCCC(=O)OC[C@@H](COC(=O)CCCCCCCCCCCC)OC(=O)CCCCCCCCCCCCCCCC(C)C. The topological polar surface area (TPSA) is 78.9 Å². The van der Waals surface area contributed by atoms with Crippen molar-refractivity contribution in [3.8, 4) is 0 Å². The van der Waals surface area contributed by atoms with Gasteiger partial charge in [-0.15, -0.1) is 0 Å². The van der Waals surface area contributed by atoms with Gasteiger partial charge >= 0.3 is 17.9 Å². The maximum Gasteiger partial charge on any atom is 0.306 e. The first-order valence-corrected chi connectivity index (χ1v) is 26.9. The van der Waals surface area contributed by atoms with Crippen LogP contribution in [0.5, 0.6) is 0 Å². The molecule has 0 fully saturated rings. The molecule has 0 bridgehead atoms. The molecule has 60 heavy (non-hydrogen) atoms. The Hall–Kier alpha value is -1.59. The lowest BCUT2D eigenvalue weighted by atomic mass is 10.0. The van der Waals surface area contributed by atoms with Crippen molar-refractivity contribution in [2.45, 2.75) is 310 Å². The number of carbonyl (C=O) groups excluding carboxylic acids is 3. The van der Waals surface area contributed by atoms with Crippen molar-refractivity contribution in [1.29, 1.82) is 0 Å². The summed E-state index contributed by atoms with van der Waals surface area (Å²) in [6.07, 6.45) is 50.9. The summed E-state index contributed by atoms with van der Waals surface area (Å²) in [7, 11) is 0. The van der Waals surface area contributed by atoms with Crippen molar-refractivity contribution in [3.63, 3.8) is 0 Å². The Morgan fingerprint density at radius 2 is 0.550 bits per heavy atom. The van der Waals surface area contributed by atoms with Crippen LogP contribution in [0.4, 0.5) is 0 Å². The third kappa shape index (κ3) is 47.5. The third-order valence-electron chi connectivity index (χ3n) is 12.3. The maximum absolute atomic E-state index is 12.8. The van der Waals surface area contributed by atoms with E-state index in [4.69, 9.17) is 14.2 Å². The Bertz CT molecular complexity index is 903. The van der Waals surface area contributed by atoms with Crippen molar-refractivity contribution in [1.82, 2.24) is 0 Å². The molecule has 0 rings (SSSR count). The van der Waals surface area contributed by atoms with Gasteiger partial charge in [-0.25, -0.2) is 0 Å². The molecule has 1 atom stereocenters. The Kier molecular flexibility index (Phi) is 47.2. The predicted molar refractivity (Wildman–Crippen MR) is 257 cm³/mol. The zero-order valence-electron chi connectivity index (χ0n) is 40.9. The average Bonchev–Trinajstić information content (AvgIpc) is 3.23. The van der Waals surface area contributed by atoms with E-state index >= 15 is 0 Å². The molecule has 0 aromatic heterocycles. The molecule has 0 aliphatic rings. The first-order chi connectivity index (χ1) is 29.4. The van der Waals surface area contributed by atoms with Crippen molar-refractivity contribution >= 4 is 17.9 Å². The van der Waals surface area contributed by atoms with Gasteiger partial charge in [-0.2, -0.15) is 0 Å². The summed E-state index contributed by atoms with van der Waals surface area (Å²) in [6, 6.07) is 0. The van der Waals surface area contributed by atoms with E-state index in [-0.39, 0.29) is 31.1 Å². The van der Waals surface area contributed by atoms with Crippen LogP contribution in [0.1, 0.15) is 304 Å². The van der Waals surface area contributed by atoms with Gasteiger partial charge in [0.2, 0.25) is 0 Å². The summed E-state index contributed by atoms with van der Waals surface area (Å²) in [6.45, 7) is 9.03. The molecule has 0 aliphatic heterocycles. The van der Waals surface area contributed by atoms with Crippen molar-refractivity contribution in [2.75, 3.05) is 13.2 Å². The first kappa shape index (κ1) is 58.4. The first-order valence-electron chi connectivity index (χ1n) is 26.9. The van der Waals surface area contributed by atoms with E-state index in [9.17, 15) is 14.4 Å². The standard InChI is InChI=1S/C54H104O6/c1-5-7-9-11-13-15-17-18-19-20-23-26-30-34-38-42-46-53(56)59-49-51(48-58-52(55)45-41-37-33-29-16-14-12-10-8-6-2)60-54(57)47-43-39-35-31-27-24-21-22-25-28-32-36-40-44-50(3)4/h50-51H,5-49H2,1-4H3/t51-/m1/s1. The van der Waals surface area contributed by atoms with Crippen LogP contribution in [0, 0.1) is 5.92 Å². The van der Waals surface area contributed by atoms with E-state index in [1.807, 2.05) is 0 Å². The normalized spacial score (nSPS) is 11.9. The molecule has 0 heterocycles. The molecule has 0 aromatic carbocycles. The lowest BCUT2D eigenvalue weighted by molar-refractivity contribution is -0.167. The Balaban J connectivity index is 4.27. The molecule has 0 N–H and O–H groups in total. The second kappa shape index (κ2) is 48.4. The molecule has 0 spiro atoms. The largest absolute Gasteiger partial charge is 0.462 e. The van der Waals surface area contributed by atoms with Gasteiger partial charge in [0.25, 0.3) is 0 Å². The van der Waals surface area contributed by atoms with Gasteiger partial charge in [-0.1, -0.05) is 265 Å². The minimum Gasteiger partial charge on any atom is -0.462 e. The van der Waals surface area contributed by atoms with Crippen LogP contribution >= 0.6 is 0 Å². The summed E-state index contributed by atoms with van der Waals surface area (Å²) in [5.41, 5.74) is 0.